The first-order chi connectivity index (χ1) is 11.9. The fraction of sp³-hybridized carbons (Fsp3) is 0.235. The van der Waals surface area contributed by atoms with Crippen molar-refractivity contribution in [3.05, 3.63) is 51.5 Å². The van der Waals surface area contributed by atoms with E-state index in [0.29, 0.717) is 5.56 Å². The van der Waals surface area contributed by atoms with E-state index in [2.05, 4.69) is 16.2 Å². The molecule has 1 heterocycles. The maximum absolute atomic E-state index is 13.5. The number of halogens is 1. The van der Waals surface area contributed by atoms with Crippen LogP contribution in [0.3, 0.4) is 0 Å². The topological polar surface area (TPSA) is 70.2 Å². The van der Waals surface area contributed by atoms with Crippen LogP contribution < -0.4 is 16.2 Å². The van der Waals surface area contributed by atoms with Crippen molar-refractivity contribution in [2.45, 2.75) is 26.7 Å². The van der Waals surface area contributed by atoms with Gasteiger partial charge in [0.1, 0.15) is 5.82 Å². The molecule has 5 nitrogen and oxygen atoms in total. The van der Waals surface area contributed by atoms with Gasteiger partial charge in [0.2, 0.25) is 5.91 Å². The molecule has 0 radical (unpaired) electrons. The number of amides is 1. The second-order valence-electron chi connectivity index (χ2n) is 5.36. The zero-order valence-electron chi connectivity index (χ0n) is 13.8. The van der Waals surface area contributed by atoms with Crippen LogP contribution in [0.15, 0.2) is 30.3 Å². The number of carbonyl (C=O) groups excluding carboxylic acids is 2. The fourth-order valence-electron chi connectivity index (χ4n) is 2.17. The Hall–Kier alpha value is -2.32. The Kier molecular flexibility index (Phi) is 6.60. The Labute approximate surface area is 154 Å². The number of para-hydroxylation sites is 1. The molecule has 8 heteroatoms. The lowest BCUT2D eigenvalue weighted by Crippen LogP contribution is -2.43. The molecular weight excluding hydrogens is 361 g/mol. The van der Waals surface area contributed by atoms with Crippen LogP contribution in [0.4, 0.5) is 10.1 Å². The number of nitrogens with one attached hydrogen (secondary N) is 3. The Morgan fingerprint density at radius 3 is 2.52 bits per heavy atom. The van der Waals surface area contributed by atoms with Crippen LogP contribution in [0.25, 0.3) is 0 Å². The maximum Gasteiger partial charge on any atom is 0.238 e. The summed E-state index contributed by atoms with van der Waals surface area (Å²) in [5.74, 6) is -0.898. The van der Waals surface area contributed by atoms with Crippen LogP contribution in [0.5, 0.6) is 0 Å². The molecule has 25 heavy (non-hydrogen) atoms. The molecule has 0 atom stereocenters. The summed E-state index contributed by atoms with van der Waals surface area (Å²) in [5.41, 5.74) is 5.73. The van der Waals surface area contributed by atoms with E-state index in [1.54, 1.807) is 23.5 Å². The quantitative estimate of drug-likeness (QED) is 0.421. The Bertz CT molecular complexity index is 805. The van der Waals surface area contributed by atoms with Gasteiger partial charge in [-0.05, 0) is 44.3 Å². The number of ketones is 1. The number of hydrazine groups is 1. The molecule has 2 rings (SSSR count). The number of aryl methyl sites for hydroxylation is 2. The molecule has 0 aliphatic rings. The summed E-state index contributed by atoms with van der Waals surface area (Å²) < 4.78 is 13.5. The standard InChI is InChI=1S/C17H18FN3O2S2/c1-10-9-12(11(2)25-10)15(22)7-8-16(23)20-21-17(24)19-14-6-4-3-5-13(14)18/h3-6,9H,7-8H2,1-2H3,(H,20,23)(H2,19,21,24). The summed E-state index contributed by atoms with van der Waals surface area (Å²) in [6.45, 7) is 3.83. The molecule has 3 N–H and O–H groups in total. The molecule has 0 aliphatic carbocycles. The Balaban J connectivity index is 1.75. The van der Waals surface area contributed by atoms with Crippen LogP contribution in [0.1, 0.15) is 33.0 Å². The third-order valence-electron chi connectivity index (χ3n) is 3.36. The maximum atomic E-state index is 13.5. The van der Waals surface area contributed by atoms with E-state index in [9.17, 15) is 14.0 Å². The van der Waals surface area contributed by atoms with Gasteiger partial charge in [0.25, 0.3) is 0 Å². The van der Waals surface area contributed by atoms with Crippen molar-refractivity contribution in [2.75, 3.05) is 5.32 Å². The number of anilines is 1. The highest BCUT2D eigenvalue weighted by Crippen LogP contribution is 2.22. The fourth-order valence-corrected chi connectivity index (χ4v) is 3.28. The first-order valence-corrected chi connectivity index (χ1v) is 8.80. The minimum atomic E-state index is -0.454. The molecule has 0 spiro atoms. The van der Waals surface area contributed by atoms with Gasteiger partial charge >= 0.3 is 0 Å². The number of thiocarbonyl (C=S) groups is 1. The van der Waals surface area contributed by atoms with Crippen molar-refractivity contribution < 1.29 is 14.0 Å². The van der Waals surface area contributed by atoms with Crippen molar-refractivity contribution >= 4 is 46.0 Å². The largest absolute Gasteiger partial charge is 0.329 e. The summed E-state index contributed by atoms with van der Waals surface area (Å²) >= 11 is 6.54. The summed E-state index contributed by atoms with van der Waals surface area (Å²) in [4.78, 5) is 26.0. The monoisotopic (exact) mass is 379 g/mol. The molecule has 2 aromatic rings. The van der Waals surface area contributed by atoms with Gasteiger partial charge in [-0.1, -0.05) is 12.1 Å². The minimum Gasteiger partial charge on any atom is -0.329 e. The van der Waals surface area contributed by atoms with Gasteiger partial charge < -0.3 is 5.32 Å². The third-order valence-corrected chi connectivity index (χ3v) is 4.53. The minimum absolute atomic E-state index is 0.0302. The highest BCUT2D eigenvalue weighted by molar-refractivity contribution is 7.80. The lowest BCUT2D eigenvalue weighted by atomic mass is 10.1. The SMILES string of the molecule is Cc1cc(C(=O)CCC(=O)NNC(=S)Nc2ccccc2F)c(C)s1. The zero-order chi connectivity index (χ0) is 18.4. The van der Waals surface area contributed by atoms with Gasteiger partial charge in [-0.3, -0.25) is 20.4 Å². The number of thiophene rings is 1. The van der Waals surface area contributed by atoms with Crippen molar-refractivity contribution in [3.63, 3.8) is 0 Å². The molecule has 1 amide bonds. The first-order valence-electron chi connectivity index (χ1n) is 7.57. The molecule has 0 fully saturated rings. The van der Waals surface area contributed by atoms with Crippen LogP contribution in [0.2, 0.25) is 0 Å². The van der Waals surface area contributed by atoms with Crippen LogP contribution in [-0.2, 0) is 4.79 Å². The van der Waals surface area contributed by atoms with E-state index in [1.807, 2.05) is 19.9 Å². The van der Waals surface area contributed by atoms with Crippen molar-refractivity contribution in [1.82, 2.24) is 10.9 Å². The molecule has 0 bridgehead atoms. The Morgan fingerprint density at radius 1 is 1.16 bits per heavy atom. The molecule has 1 aromatic carbocycles. The number of Topliss-reactive ketones (excluding diaryl/α,β-unsaturated/α-hetero) is 1. The summed E-state index contributed by atoms with van der Waals surface area (Å²) in [6.07, 6.45) is 0.139. The molecule has 0 saturated carbocycles. The summed E-state index contributed by atoms with van der Waals surface area (Å²) in [6, 6.07) is 7.88. The number of benzene rings is 1. The summed E-state index contributed by atoms with van der Waals surface area (Å²) in [7, 11) is 0. The highest BCUT2D eigenvalue weighted by atomic mass is 32.1. The van der Waals surface area contributed by atoms with E-state index in [1.165, 1.54) is 12.1 Å². The molecular formula is C17H18FN3O2S2. The van der Waals surface area contributed by atoms with Gasteiger partial charge in [0, 0.05) is 28.2 Å². The number of hydrogen-bond acceptors (Lipinski definition) is 4. The molecule has 132 valence electrons. The predicted molar refractivity (Wildman–Crippen MR) is 101 cm³/mol. The van der Waals surface area contributed by atoms with E-state index in [-0.39, 0.29) is 35.3 Å². The number of carbonyl (C=O) groups is 2. The van der Waals surface area contributed by atoms with Crippen LogP contribution >= 0.6 is 23.6 Å². The van der Waals surface area contributed by atoms with Crippen molar-refractivity contribution in [3.8, 4) is 0 Å². The van der Waals surface area contributed by atoms with Gasteiger partial charge in [-0.15, -0.1) is 11.3 Å². The van der Waals surface area contributed by atoms with Gasteiger partial charge in [0.05, 0.1) is 5.69 Å². The molecule has 1 aromatic heterocycles. The summed E-state index contributed by atoms with van der Waals surface area (Å²) in [5, 5.41) is 2.68. The van der Waals surface area contributed by atoms with Crippen molar-refractivity contribution in [1.29, 1.82) is 0 Å². The second-order valence-corrected chi connectivity index (χ2v) is 7.23. The molecule has 0 saturated heterocycles. The second kappa shape index (κ2) is 8.68. The Morgan fingerprint density at radius 2 is 1.88 bits per heavy atom. The van der Waals surface area contributed by atoms with E-state index >= 15 is 0 Å². The van der Waals surface area contributed by atoms with E-state index in [0.717, 1.165) is 9.75 Å². The highest BCUT2D eigenvalue weighted by Gasteiger charge is 2.14. The smallest absolute Gasteiger partial charge is 0.238 e. The molecule has 0 unspecified atom stereocenters. The van der Waals surface area contributed by atoms with Crippen LogP contribution in [-0.4, -0.2) is 16.8 Å². The van der Waals surface area contributed by atoms with Crippen LogP contribution in [0, 0.1) is 19.7 Å². The number of hydrogen-bond donors (Lipinski definition) is 3. The average molecular weight is 379 g/mol. The first kappa shape index (κ1) is 19.0. The lowest BCUT2D eigenvalue weighted by molar-refractivity contribution is -0.121. The van der Waals surface area contributed by atoms with Crippen molar-refractivity contribution in [2.24, 2.45) is 0 Å². The average Bonchev–Trinajstić information content (AvgIpc) is 2.91. The van der Waals surface area contributed by atoms with Gasteiger partial charge in [-0.2, -0.15) is 0 Å². The number of rotatable bonds is 5. The molecule has 0 aliphatic heterocycles. The van der Waals surface area contributed by atoms with Gasteiger partial charge in [-0.25, -0.2) is 4.39 Å². The van der Waals surface area contributed by atoms with E-state index in [4.69, 9.17) is 12.2 Å². The lowest BCUT2D eigenvalue weighted by Gasteiger charge is -2.11. The third kappa shape index (κ3) is 5.61. The van der Waals surface area contributed by atoms with Gasteiger partial charge in [0.15, 0.2) is 10.9 Å². The van der Waals surface area contributed by atoms with E-state index < -0.39 is 5.82 Å². The zero-order valence-corrected chi connectivity index (χ0v) is 15.4. The normalized spacial score (nSPS) is 10.2. The predicted octanol–water partition coefficient (Wildman–Crippen LogP) is 3.48.